The van der Waals surface area contributed by atoms with Crippen molar-refractivity contribution in [3.05, 3.63) is 0 Å². The molecule has 0 aliphatic heterocycles. The van der Waals surface area contributed by atoms with Crippen LogP contribution in [0.5, 0.6) is 0 Å². The van der Waals surface area contributed by atoms with Gasteiger partial charge in [0.2, 0.25) is 0 Å². The minimum atomic E-state index is -7.03. The third-order valence-corrected chi connectivity index (χ3v) is 3.33. The van der Waals surface area contributed by atoms with Crippen molar-refractivity contribution in [1.82, 2.24) is 22.9 Å². The van der Waals surface area contributed by atoms with E-state index in [9.17, 15) is 98.8 Å². The largest absolute Gasteiger partial charge is 4.00 e. The van der Waals surface area contributed by atoms with Crippen LogP contribution in [0.2, 0.25) is 0 Å². The molecule has 0 saturated carbocycles. The third-order valence-electron chi connectivity index (χ3n) is 3.33. The van der Waals surface area contributed by atoms with E-state index in [2.05, 4.69) is 0 Å². The summed E-state index contributed by atoms with van der Waals surface area (Å²) < 4.78 is 218. The molecule has 8 nitrogen and oxygen atoms in total. The van der Waals surface area contributed by atoms with E-state index in [0.717, 1.165) is 0 Å². The first-order valence-corrected chi connectivity index (χ1v) is 7.63. The van der Waals surface area contributed by atoms with Crippen molar-refractivity contribution in [2.75, 3.05) is 13.1 Å². The molecule has 0 aromatic carbocycles. The molecule has 254 valence electrons. The fourth-order valence-corrected chi connectivity index (χ4v) is 1.40. The van der Waals surface area contributed by atoms with Crippen LogP contribution >= 0.6 is 0 Å². The Balaban J connectivity index is -0.000000101. The molecule has 0 spiro atoms. The van der Waals surface area contributed by atoms with E-state index in [1.165, 1.54) is 0 Å². The van der Waals surface area contributed by atoms with E-state index in [1.54, 1.807) is 0 Å². The molecule has 0 unspecified atom stereocenters. The molecule has 41 heavy (non-hydrogen) atoms. The van der Waals surface area contributed by atoms with Crippen molar-refractivity contribution < 1.29 is 145 Å². The topological polar surface area (TPSA) is 174 Å². The maximum Gasteiger partial charge on any atom is 4.00 e. The first-order valence-electron chi connectivity index (χ1n) is 7.63. The number of carboxylic acid groups (broad SMARTS) is 2. The van der Waals surface area contributed by atoms with Crippen LogP contribution in [0.1, 0.15) is 0 Å². The van der Waals surface area contributed by atoms with Crippen molar-refractivity contribution in [2.24, 2.45) is 0 Å². The standard InChI is InChI=1S/2C6H4F9NO2.2ClH.2H3N.Pt/c2*7-3(8,1-16-2(17)18)4(9,10)5(11,12)6(13,14)15;;;;;/h2*16H,1H2,(H,17,18);2*1H;2*1H3;/q;;;;;;+4/p-4. The summed E-state index contributed by atoms with van der Waals surface area (Å²) in [6.07, 6.45) is -18.9. The molecular formula is C12H12Cl2F18N4O4Pt. The Hall–Kier alpha value is -1.53. The zero-order valence-electron chi connectivity index (χ0n) is 18.3. The van der Waals surface area contributed by atoms with Gasteiger partial charge in [0, 0.05) is 0 Å². The number of carbonyl (C=O) groups excluding carboxylic acids is 2. The van der Waals surface area contributed by atoms with Gasteiger partial charge in [-0.25, -0.2) is 0 Å². The number of hydrogen-bond donors (Lipinski definition) is 4. The molecule has 0 aromatic rings. The summed E-state index contributed by atoms with van der Waals surface area (Å²) in [7, 11) is 0. The second kappa shape index (κ2) is 16.9. The molecule has 2 amide bonds. The summed E-state index contributed by atoms with van der Waals surface area (Å²) in [5, 5.41) is 20.2. The molecule has 0 aliphatic carbocycles. The van der Waals surface area contributed by atoms with Crippen LogP contribution in [0, 0.1) is 0 Å². The van der Waals surface area contributed by atoms with Crippen LogP contribution in [0.25, 0.3) is 0 Å². The third kappa shape index (κ3) is 12.3. The van der Waals surface area contributed by atoms with Gasteiger partial charge in [-0.2, -0.15) is 79.0 Å². The zero-order valence-corrected chi connectivity index (χ0v) is 22.1. The predicted molar refractivity (Wildman–Crippen MR) is 78.6 cm³/mol. The fourth-order valence-electron chi connectivity index (χ4n) is 1.40. The molecule has 0 atom stereocenters. The Morgan fingerprint density at radius 1 is 0.463 bits per heavy atom. The van der Waals surface area contributed by atoms with E-state index in [-0.39, 0.29) is 58.2 Å². The molecule has 0 saturated heterocycles. The van der Waals surface area contributed by atoms with Crippen molar-refractivity contribution in [3.63, 3.8) is 0 Å². The normalized spacial score (nSPS) is 12.7. The van der Waals surface area contributed by atoms with Gasteiger partial charge < -0.3 is 67.6 Å². The van der Waals surface area contributed by atoms with E-state index in [1.807, 2.05) is 0 Å². The summed E-state index contributed by atoms with van der Waals surface area (Å²) in [6, 6.07) is 0. The number of rotatable bonds is 8. The van der Waals surface area contributed by atoms with Crippen LogP contribution in [-0.2, 0) is 21.1 Å². The summed E-state index contributed by atoms with van der Waals surface area (Å²) in [4.78, 5) is 19.2. The van der Waals surface area contributed by atoms with E-state index in [4.69, 9.17) is 0 Å². The second-order valence-corrected chi connectivity index (χ2v) is 5.98. The Labute approximate surface area is 241 Å². The smallest absolute Gasteiger partial charge is 1.00 e. The monoisotopic (exact) mass is 883 g/mol. The molecule has 0 aromatic heterocycles. The van der Waals surface area contributed by atoms with Gasteiger partial charge in [-0.3, -0.25) is 0 Å². The molecule has 8 N–H and O–H groups in total. The molecule has 0 fully saturated rings. The maximum absolute atomic E-state index is 12.5. The summed E-state index contributed by atoms with van der Waals surface area (Å²) in [5.74, 6) is -39.7. The number of carbonyl (C=O) groups is 2. The first-order chi connectivity index (χ1) is 15.3. The van der Waals surface area contributed by atoms with Gasteiger partial charge >= 0.3 is 69.0 Å². The Bertz CT molecular complexity index is 737. The maximum atomic E-state index is 12.5. The zero-order chi connectivity index (χ0) is 30.0. The quantitative estimate of drug-likeness (QED) is 0.191. The van der Waals surface area contributed by atoms with Gasteiger partial charge in [0.1, 0.15) is 12.2 Å². The van der Waals surface area contributed by atoms with Gasteiger partial charge in [0.05, 0.1) is 13.1 Å². The van der Waals surface area contributed by atoms with Gasteiger partial charge in [-0.15, -0.1) is 0 Å². The molecular weight excluding hydrogens is 872 g/mol. The molecule has 0 rings (SSSR count). The Morgan fingerprint density at radius 3 is 0.756 bits per heavy atom. The first kappa shape index (κ1) is 55.4. The summed E-state index contributed by atoms with van der Waals surface area (Å²) in [6.45, 7) is -5.32. The average Bonchev–Trinajstić information content (AvgIpc) is 2.63. The molecule has 0 radical (unpaired) electrons. The van der Waals surface area contributed by atoms with Crippen LogP contribution < -0.4 is 58.0 Å². The Morgan fingerprint density at radius 2 is 0.634 bits per heavy atom. The molecule has 0 aliphatic rings. The van der Waals surface area contributed by atoms with Crippen LogP contribution in [0.15, 0.2) is 0 Å². The fraction of sp³-hybridized carbons (Fsp3) is 0.833. The number of nitrogens with one attached hydrogen (secondary N) is 2. The van der Waals surface area contributed by atoms with Crippen LogP contribution in [0.3, 0.4) is 0 Å². The summed E-state index contributed by atoms with van der Waals surface area (Å²) in [5.41, 5.74) is 0. The van der Waals surface area contributed by atoms with Crippen molar-refractivity contribution in [2.45, 2.75) is 47.9 Å². The van der Waals surface area contributed by atoms with Gasteiger partial charge in [-0.05, 0) is 0 Å². The predicted octanol–water partition coefficient (Wildman–Crippen LogP) is -2.90. The number of alkyl halides is 18. The summed E-state index contributed by atoms with van der Waals surface area (Å²) >= 11 is 0. The van der Waals surface area contributed by atoms with Crippen LogP contribution in [-0.4, -0.2) is 73.2 Å². The van der Waals surface area contributed by atoms with Crippen molar-refractivity contribution >= 4 is 12.2 Å². The molecule has 29 heteroatoms. The van der Waals surface area contributed by atoms with Gasteiger partial charge in [0.25, 0.3) is 0 Å². The average molecular weight is 884 g/mol. The minimum absolute atomic E-state index is 0. The number of amides is 2. The minimum Gasteiger partial charge on any atom is -1.00 e. The van der Waals surface area contributed by atoms with Crippen molar-refractivity contribution in [3.8, 4) is 0 Å². The van der Waals surface area contributed by atoms with Crippen molar-refractivity contribution in [1.29, 1.82) is 0 Å². The van der Waals surface area contributed by atoms with E-state index in [0.29, 0.717) is 10.6 Å². The van der Waals surface area contributed by atoms with Gasteiger partial charge in [0.15, 0.2) is 0 Å². The number of halogens is 20. The molecule has 0 heterocycles. The number of hydrogen-bond acceptors (Lipinski definition) is 6. The van der Waals surface area contributed by atoms with E-state index < -0.39 is 73.2 Å². The SMILES string of the molecule is N.N.O=C([O-])NCC(F)(F)C(F)(F)C(F)(F)C(F)(F)F.O=C([O-])NCC(F)(F)C(F)(F)C(F)(F)C(F)(F)F.[Cl-].[Cl-].[Pt+4]. The Kier molecular flexibility index (Phi) is 22.9. The molecule has 0 bridgehead atoms. The van der Waals surface area contributed by atoms with Crippen LogP contribution in [0.4, 0.5) is 88.6 Å². The van der Waals surface area contributed by atoms with Gasteiger partial charge in [-0.1, -0.05) is 0 Å². The van der Waals surface area contributed by atoms with E-state index >= 15 is 0 Å². The second-order valence-electron chi connectivity index (χ2n) is 5.98.